The maximum absolute atomic E-state index is 18.1. The average molecular weight is 1190 g/mol. The number of rotatable bonds is 15. The smallest absolute Gasteiger partial charge is 0.409 e. The summed E-state index contributed by atoms with van der Waals surface area (Å²) in [6, 6.07) is 11.9. The molecule has 86 heavy (non-hydrogen) atoms. The minimum Gasteiger partial charge on any atom is -0.543 e. The van der Waals surface area contributed by atoms with Crippen LogP contribution in [0.2, 0.25) is 16.6 Å². The largest absolute Gasteiger partial charge is 0.543 e. The summed E-state index contributed by atoms with van der Waals surface area (Å²) < 4.78 is 63.3. The molecule has 0 saturated carbocycles. The van der Waals surface area contributed by atoms with Crippen LogP contribution in [0.15, 0.2) is 53.5 Å². The summed E-state index contributed by atoms with van der Waals surface area (Å²) in [6.07, 6.45) is 10.7. The zero-order chi connectivity index (χ0) is 60.4. The minimum absolute atomic E-state index is 0.00326. The van der Waals surface area contributed by atoms with Crippen LogP contribution >= 0.6 is 0 Å². The molecule has 3 aromatic carbocycles. The molecule has 12 rings (SSSR count). The van der Waals surface area contributed by atoms with Crippen molar-refractivity contribution < 1.29 is 41.8 Å². The highest BCUT2D eigenvalue weighted by Crippen LogP contribution is 2.47. The number of hydrogen-bond acceptors (Lipinski definition) is 13. The van der Waals surface area contributed by atoms with E-state index in [1.165, 1.54) is 15.2 Å². The Morgan fingerprint density at radius 1 is 0.895 bits per heavy atom. The first kappa shape index (κ1) is 59.4. The lowest BCUT2D eigenvalue weighted by atomic mass is 9.86. The Kier molecular flexibility index (Phi) is 16.3. The number of nitrogens with one attached hydrogen (secondary N) is 1. The van der Waals surface area contributed by atoms with Crippen LogP contribution in [-0.2, 0) is 32.5 Å². The summed E-state index contributed by atoms with van der Waals surface area (Å²) in [5, 5.41) is 4.16. The number of aryl methyl sites for hydroxylation is 2. The number of carbonyl (C=O) groups excluding carboxylic acids is 3. The van der Waals surface area contributed by atoms with Crippen LogP contribution in [0.5, 0.6) is 11.8 Å². The van der Waals surface area contributed by atoms with Gasteiger partial charge in [-0.1, -0.05) is 66.4 Å². The maximum Gasteiger partial charge on any atom is 0.409 e. The number of carbonyl (C=O) groups is 3. The van der Waals surface area contributed by atoms with Crippen LogP contribution in [0.3, 0.4) is 0 Å². The lowest BCUT2D eigenvalue weighted by Crippen LogP contribution is -2.56. The zero-order valence-corrected chi connectivity index (χ0v) is 52.0. The third kappa shape index (κ3) is 10.7. The Morgan fingerprint density at radius 3 is 2.38 bits per heavy atom. The zero-order valence-electron chi connectivity index (χ0n) is 51.0. The number of halogens is 2. The molecule has 20 heteroatoms. The number of piperidine rings is 3. The highest BCUT2D eigenvalue weighted by atomic mass is 28.4. The molecular formula is C66H81F2N9O8Si. The van der Waals surface area contributed by atoms with Gasteiger partial charge in [0, 0.05) is 75.9 Å². The molecule has 0 radical (unpaired) electrons. The summed E-state index contributed by atoms with van der Waals surface area (Å²) in [7, 11) is -0.811. The SMILES string of the molecule is CCc1c(F)ccc2cc(O[Si](C(C)C)(C(C)C)C(C)C)cc(-c3ncc4c(N5CCC[C@]6(CCO6)C5)nc(OC[C@@]56CCCN5[C@H](COC(=O)N5CCC(CC#Cc7ccc8c(c7)n(C)c(=O)n8C7CCC(=O)NC7=O)CC5)CC6)nc4c3F)c12. The molecule has 9 heterocycles. The van der Waals surface area contributed by atoms with Crippen molar-refractivity contribution in [3.05, 3.63) is 81.9 Å². The van der Waals surface area contributed by atoms with E-state index in [1.54, 1.807) is 24.2 Å². The molecular weight excluding hydrogens is 1110 g/mol. The van der Waals surface area contributed by atoms with Crippen molar-refractivity contribution in [1.82, 2.24) is 39.2 Å². The summed E-state index contributed by atoms with van der Waals surface area (Å²) >= 11 is 0. The molecule has 6 aromatic rings. The van der Waals surface area contributed by atoms with E-state index < -0.39 is 26.1 Å². The number of aromatic nitrogens is 5. The van der Waals surface area contributed by atoms with E-state index in [0.717, 1.165) is 75.3 Å². The molecule has 17 nitrogen and oxygen atoms in total. The molecule has 1 unspecified atom stereocenters. The summed E-state index contributed by atoms with van der Waals surface area (Å²) in [6.45, 7) is 19.8. The van der Waals surface area contributed by atoms with Gasteiger partial charge >= 0.3 is 17.8 Å². The van der Waals surface area contributed by atoms with Crippen LogP contribution in [0.25, 0.3) is 44.0 Å². The highest BCUT2D eigenvalue weighted by Gasteiger charge is 2.51. The number of hydrogen-bond donors (Lipinski definition) is 1. The Balaban J connectivity index is 0.739. The number of benzene rings is 3. The van der Waals surface area contributed by atoms with E-state index >= 15 is 8.78 Å². The van der Waals surface area contributed by atoms with Gasteiger partial charge in [-0.3, -0.25) is 33.9 Å². The van der Waals surface area contributed by atoms with Crippen molar-refractivity contribution in [2.75, 3.05) is 57.4 Å². The molecule has 3 aromatic heterocycles. The molecule has 0 aliphatic carbocycles. The van der Waals surface area contributed by atoms with Gasteiger partial charge in [0.15, 0.2) is 5.82 Å². The molecule has 6 fully saturated rings. The van der Waals surface area contributed by atoms with Gasteiger partial charge in [0.05, 0.1) is 34.2 Å². The van der Waals surface area contributed by atoms with Gasteiger partial charge < -0.3 is 28.4 Å². The van der Waals surface area contributed by atoms with Gasteiger partial charge in [0.2, 0.25) is 11.8 Å². The number of imidazole rings is 1. The van der Waals surface area contributed by atoms with Crippen LogP contribution in [0.4, 0.5) is 19.4 Å². The topological polar surface area (TPSA) is 175 Å². The first-order chi connectivity index (χ1) is 41.3. The molecule has 6 saturated heterocycles. The number of pyridine rings is 1. The third-order valence-corrected chi connectivity index (χ3v) is 26.2. The molecule has 6 aliphatic heterocycles. The lowest BCUT2D eigenvalue weighted by molar-refractivity contribution is -0.151. The second-order valence-electron chi connectivity index (χ2n) is 26.1. The quantitative estimate of drug-likeness (QED) is 0.0585. The molecule has 4 atom stereocenters. The summed E-state index contributed by atoms with van der Waals surface area (Å²) in [4.78, 5) is 72.6. The predicted octanol–water partition coefficient (Wildman–Crippen LogP) is 11.3. The lowest BCUT2D eigenvalue weighted by Gasteiger charge is -2.48. The van der Waals surface area contributed by atoms with Gasteiger partial charge in [-0.2, -0.15) is 9.97 Å². The van der Waals surface area contributed by atoms with E-state index in [4.69, 9.17) is 33.6 Å². The average Bonchev–Trinajstić information content (AvgIpc) is 0.874. The summed E-state index contributed by atoms with van der Waals surface area (Å²) in [5.74, 6) is 6.26. The molecule has 1 N–H and O–H groups in total. The van der Waals surface area contributed by atoms with E-state index in [-0.39, 0.29) is 101 Å². The Hall–Kier alpha value is -6.95. The van der Waals surface area contributed by atoms with Crippen LogP contribution in [0, 0.1) is 29.4 Å². The van der Waals surface area contributed by atoms with Gasteiger partial charge in [-0.15, -0.1) is 0 Å². The van der Waals surface area contributed by atoms with Gasteiger partial charge in [0.25, 0.3) is 8.32 Å². The van der Waals surface area contributed by atoms with Crippen molar-refractivity contribution in [3.8, 4) is 34.9 Å². The first-order valence-corrected chi connectivity index (χ1v) is 33.5. The van der Waals surface area contributed by atoms with Crippen LogP contribution in [0.1, 0.15) is 143 Å². The molecule has 6 aliphatic rings. The van der Waals surface area contributed by atoms with E-state index in [2.05, 4.69) is 68.5 Å². The van der Waals surface area contributed by atoms with Crippen LogP contribution < -0.4 is 25.1 Å². The second-order valence-corrected chi connectivity index (χ2v) is 31.5. The molecule has 3 amide bonds. The fourth-order valence-electron chi connectivity index (χ4n) is 15.7. The van der Waals surface area contributed by atoms with E-state index in [1.807, 2.05) is 37.3 Å². The van der Waals surface area contributed by atoms with Crippen molar-refractivity contribution in [1.29, 1.82) is 0 Å². The number of amides is 3. The number of imide groups is 1. The molecule has 0 bridgehead atoms. The number of nitrogens with zero attached hydrogens (tertiary/aromatic N) is 8. The van der Waals surface area contributed by atoms with Gasteiger partial charge in [0.1, 0.15) is 47.9 Å². The standard InChI is InChI=1S/C66H81F2N9O8Si/c1-9-48-51(67)17-16-45-34-47(85-86(40(2)3,41(4)5)42(6)7)35-49(56(45)48)58-57(68)59-50(36-69-58)60(75-28-12-25-66(38-75)27-32-84-66)72-62(71-59)83-39-65-24-11-29-76(65)46(21-26-65)37-82-64(81)74-30-22-43(23-31-74)13-10-14-44-15-18-52-54(33-44)73(8)63(80)77(52)53-19-20-55(78)70-61(53)79/h15-18,33-36,40-43,46,53H,9,11-13,19-32,37-39H2,1-8H3,(H,70,78,79)/t46-,53?,65-,66-/m0/s1. The van der Waals surface area contributed by atoms with Crippen LogP contribution in [-0.4, -0.2) is 130 Å². The van der Waals surface area contributed by atoms with Crippen molar-refractivity contribution in [3.63, 3.8) is 0 Å². The number of fused-ring (bicyclic) bond motifs is 4. The Labute approximate surface area is 502 Å². The van der Waals surface area contributed by atoms with Gasteiger partial charge in [-0.05, 0) is 146 Å². The number of ether oxygens (including phenoxy) is 3. The Bertz CT molecular complexity index is 3750. The normalized spacial score (nSPS) is 23.0. The van der Waals surface area contributed by atoms with E-state index in [0.29, 0.717) is 96.0 Å². The van der Waals surface area contributed by atoms with Crippen molar-refractivity contribution in [2.24, 2.45) is 13.0 Å². The second kappa shape index (κ2) is 23.6. The molecule has 456 valence electrons. The number of likely N-dealkylation sites (tertiary alicyclic amines) is 1. The van der Waals surface area contributed by atoms with Gasteiger partial charge in [-0.25, -0.2) is 18.4 Å². The fourth-order valence-corrected chi connectivity index (χ4v) is 20.9. The molecule has 1 spiro atoms. The maximum atomic E-state index is 18.1. The fraction of sp³-hybridized carbons (Fsp3) is 0.561. The predicted molar refractivity (Wildman–Crippen MR) is 329 cm³/mol. The summed E-state index contributed by atoms with van der Waals surface area (Å²) in [5.41, 5.74) is 2.98. The third-order valence-electron chi connectivity index (χ3n) is 20.2. The highest BCUT2D eigenvalue weighted by molar-refractivity contribution is 6.78. The van der Waals surface area contributed by atoms with E-state index in [9.17, 15) is 19.2 Å². The number of anilines is 1. The first-order valence-electron chi connectivity index (χ1n) is 31.4. The van der Waals surface area contributed by atoms with Crippen molar-refractivity contribution in [2.45, 2.75) is 172 Å². The minimum atomic E-state index is -2.48. The van der Waals surface area contributed by atoms with Crippen molar-refractivity contribution >= 4 is 64.8 Å². The Morgan fingerprint density at radius 2 is 1.66 bits per heavy atom. The monoisotopic (exact) mass is 1190 g/mol.